The molecule has 4 unspecified atom stereocenters. The molecule has 168 valence electrons. The highest BCUT2D eigenvalue weighted by atomic mass is 16.6. The molecule has 4 atom stereocenters. The van der Waals surface area contributed by atoms with Gasteiger partial charge in [0.05, 0.1) is 25.3 Å². The molecule has 0 bridgehead atoms. The zero-order valence-corrected chi connectivity index (χ0v) is 17.7. The third-order valence-electron chi connectivity index (χ3n) is 5.66. The highest BCUT2D eigenvalue weighted by Crippen LogP contribution is 2.28. The minimum absolute atomic E-state index is 0.243. The quantitative estimate of drug-likeness (QED) is 0.605. The summed E-state index contributed by atoms with van der Waals surface area (Å²) in [5, 5.41) is 5.92. The van der Waals surface area contributed by atoms with Gasteiger partial charge in [-0.2, -0.15) is 0 Å². The maximum absolute atomic E-state index is 12.9. The van der Waals surface area contributed by atoms with Crippen LogP contribution in [0.2, 0.25) is 0 Å². The Morgan fingerprint density at radius 2 is 1.45 bits per heavy atom. The summed E-state index contributed by atoms with van der Waals surface area (Å²) in [5.41, 5.74) is 0.811. The van der Waals surface area contributed by atoms with Crippen molar-refractivity contribution in [2.75, 3.05) is 13.2 Å². The van der Waals surface area contributed by atoms with E-state index in [1.165, 1.54) is 0 Å². The first-order valence-corrected chi connectivity index (χ1v) is 10.8. The van der Waals surface area contributed by atoms with Gasteiger partial charge in [0.25, 0.3) is 11.8 Å². The number of carbonyl (C=O) groups is 2. The molecule has 2 fully saturated rings. The fraction of sp³-hybridized carbons (Fsp3) is 0.240. The van der Waals surface area contributed by atoms with Crippen molar-refractivity contribution >= 4 is 11.8 Å². The van der Waals surface area contributed by atoms with Gasteiger partial charge in [-0.05, 0) is 42.5 Å². The van der Waals surface area contributed by atoms with Gasteiger partial charge in [-0.3, -0.25) is 14.6 Å². The number of carbonyl (C=O) groups excluding carboxylic acids is 2. The van der Waals surface area contributed by atoms with Gasteiger partial charge in [0.15, 0.2) is 0 Å². The molecule has 2 aliphatic rings. The van der Waals surface area contributed by atoms with Gasteiger partial charge in [-0.15, -0.1) is 0 Å². The van der Waals surface area contributed by atoms with E-state index >= 15 is 0 Å². The van der Waals surface area contributed by atoms with E-state index in [4.69, 9.17) is 14.2 Å². The van der Waals surface area contributed by atoms with Crippen LogP contribution in [0.5, 0.6) is 11.5 Å². The lowest BCUT2D eigenvalue weighted by molar-refractivity contribution is 0.0628. The Hall–Kier alpha value is -3.75. The molecule has 2 aromatic carbocycles. The maximum Gasteiger partial charge on any atom is 0.270 e. The second-order valence-corrected chi connectivity index (χ2v) is 7.91. The summed E-state index contributed by atoms with van der Waals surface area (Å²) < 4.78 is 17.6. The fourth-order valence-corrected chi connectivity index (χ4v) is 4.06. The standard InChI is InChI=1S/C25H23N3O5/c29-24(16-7-6-10-18(13-16)33-17-8-2-1-3-9-17)27-20-14-31-23-21(15-32-22(20)23)28-25(30)19-11-4-5-12-26-19/h1-13,20-23H,14-15H2,(H,27,29)(H,28,30). The Morgan fingerprint density at radius 3 is 2.15 bits per heavy atom. The summed E-state index contributed by atoms with van der Waals surface area (Å²) in [6.45, 7) is 0.609. The van der Waals surface area contributed by atoms with Crippen LogP contribution >= 0.6 is 0 Å². The van der Waals surface area contributed by atoms with Gasteiger partial charge in [-0.25, -0.2) is 0 Å². The minimum Gasteiger partial charge on any atom is -0.457 e. The van der Waals surface area contributed by atoms with Crippen molar-refractivity contribution in [2.45, 2.75) is 24.3 Å². The number of rotatable bonds is 6. The number of benzene rings is 2. The molecule has 1 aromatic heterocycles. The minimum atomic E-state index is -0.341. The van der Waals surface area contributed by atoms with Crippen LogP contribution in [0.3, 0.4) is 0 Å². The van der Waals surface area contributed by atoms with E-state index in [-0.39, 0.29) is 36.1 Å². The Balaban J connectivity index is 1.19. The topological polar surface area (TPSA) is 98.8 Å². The largest absolute Gasteiger partial charge is 0.457 e. The summed E-state index contributed by atoms with van der Waals surface area (Å²) in [7, 11) is 0. The zero-order valence-electron chi connectivity index (χ0n) is 17.7. The molecule has 0 saturated carbocycles. The highest BCUT2D eigenvalue weighted by molar-refractivity contribution is 5.95. The van der Waals surface area contributed by atoms with E-state index in [0.29, 0.717) is 36.0 Å². The molecule has 3 heterocycles. The van der Waals surface area contributed by atoms with Crippen molar-refractivity contribution in [1.82, 2.24) is 15.6 Å². The number of nitrogens with zero attached hydrogens (tertiary/aromatic N) is 1. The van der Waals surface area contributed by atoms with Crippen LogP contribution in [-0.2, 0) is 9.47 Å². The number of aromatic nitrogens is 1. The van der Waals surface area contributed by atoms with Crippen LogP contribution in [0.4, 0.5) is 0 Å². The Labute approximate surface area is 190 Å². The second-order valence-electron chi connectivity index (χ2n) is 7.91. The first-order chi connectivity index (χ1) is 16.2. The van der Waals surface area contributed by atoms with E-state index < -0.39 is 0 Å². The summed E-state index contributed by atoms with van der Waals surface area (Å²) in [4.78, 5) is 29.4. The van der Waals surface area contributed by atoms with Gasteiger partial charge in [0.2, 0.25) is 0 Å². The molecule has 33 heavy (non-hydrogen) atoms. The van der Waals surface area contributed by atoms with Crippen LogP contribution in [-0.4, -0.2) is 54.3 Å². The number of ether oxygens (including phenoxy) is 3. The van der Waals surface area contributed by atoms with Gasteiger partial charge in [0.1, 0.15) is 29.4 Å². The van der Waals surface area contributed by atoms with Crippen LogP contribution in [0.15, 0.2) is 79.0 Å². The number of fused-ring (bicyclic) bond motifs is 1. The monoisotopic (exact) mass is 445 g/mol. The van der Waals surface area contributed by atoms with E-state index in [1.54, 1.807) is 48.7 Å². The Kier molecular flexibility index (Phi) is 6.01. The molecule has 0 spiro atoms. The predicted molar refractivity (Wildman–Crippen MR) is 119 cm³/mol. The van der Waals surface area contributed by atoms with Gasteiger partial charge in [-0.1, -0.05) is 30.3 Å². The first kappa shape index (κ1) is 21.1. The van der Waals surface area contributed by atoms with E-state index in [1.807, 2.05) is 30.3 Å². The zero-order chi connectivity index (χ0) is 22.6. The average Bonchev–Trinajstić information content (AvgIpc) is 3.44. The second kappa shape index (κ2) is 9.40. The molecule has 0 radical (unpaired) electrons. The van der Waals surface area contributed by atoms with E-state index in [9.17, 15) is 9.59 Å². The van der Waals surface area contributed by atoms with Gasteiger partial charge in [0, 0.05) is 11.8 Å². The number of hydrogen-bond acceptors (Lipinski definition) is 6. The van der Waals surface area contributed by atoms with E-state index in [2.05, 4.69) is 15.6 Å². The van der Waals surface area contributed by atoms with Gasteiger partial charge < -0.3 is 24.8 Å². The van der Waals surface area contributed by atoms with Crippen LogP contribution in [0.25, 0.3) is 0 Å². The first-order valence-electron chi connectivity index (χ1n) is 10.8. The lowest BCUT2D eigenvalue weighted by Gasteiger charge is -2.18. The van der Waals surface area contributed by atoms with Gasteiger partial charge >= 0.3 is 0 Å². The van der Waals surface area contributed by atoms with Crippen molar-refractivity contribution in [3.8, 4) is 11.5 Å². The highest BCUT2D eigenvalue weighted by Gasteiger charge is 2.48. The summed E-state index contributed by atoms with van der Waals surface area (Å²) in [6.07, 6.45) is 0.892. The van der Waals surface area contributed by atoms with Crippen molar-refractivity contribution in [1.29, 1.82) is 0 Å². The Morgan fingerprint density at radius 1 is 0.788 bits per heavy atom. The SMILES string of the molecule is O=C(NC1COC2C(NC(=O)c3ccccn3)COC12)c1cccc(Oc2ccccc2)c1. The smallest absolute Gasteiger partial charge is 0.270 e. The number of nitrogens with one attached hydrogen (secondary N) is 2. The van der Waals surface area contributed by atoms with Crippen molar-refractivity contribution in [3.63, 3.8) is 0 Å². The summed E-state index contributed by atoms with van der Waals surface area (Å²) >= 11 is 0. The predicted octanol–water partition coefficient (Wildman–Crippen LogP) is 2.57. The van der Waals surface area contributed by atoms with Crippen LogP contribution < -0.4 is 15.4 Å². The summed E-state index contributed by atoms with van der Waals surface area (Å²) in [5.74, 6) is 0.743. The summed E-state index contributed by atoms with van der Waals surface area (Å²) in [6, 6.07) is 20.9. The lowest BCUT2D eigenvalue weighted by atomic mass is 10.1. The molecular weight excluding hydrogens is 422 g/mol. The number of amides is 2. The van der Waals surface area contributed by atoms with E-state index in [0.717, 1.165) is 0 Å². The van der Waals surface area contributed by atoms with Crippen LogP contribution in [0, 0.1) is 0 Å². The molecule has 2 aliphatic heterocycles. The Bertz CT molecular complexity index is 1130. The lowest BCUT2D eigenvalue weighted by Crippen LogP contribution is -2.47. The molecule has 2 amide bonds. The van der Waals surface area contributed by atoms with Crippen molar-refractivity contribution in [2.24, 2.45) is 0 Å². The number of pyridine rings is 1. The van der Waals surface area contributed by atoms with Crippen molar-refractivity contribution < 1.29 is 23.8 Å². The molecule has 8 nitrogen and oxygen atoms in total. The fourth-order valence-electron chi connectivity index (χ4n) is 4.06. The average molecular weight is 445 g/mol. The molecule has 3 aromatic rings. The molecule has 2 saturated heterocycles. The molecule has 0 aliphatic carbocycles. The van der Waals surface area contributed by atoms with Crippen LogP contribution in [0.1, 0.15) is 20.8 Å². The normalized spacial score (nSPS) is 23.5. The third kappa shape index (κ3) is 4.72. The molecule has 5 rings (SSSR count). The number of para-hydroxylation sites is 1. The third-order valence-corrected chi connectivity index (χ3v) is 5.66. The molecular formula is C25H23N3O5. The molecule has 8 heteroatoms. The number of hydrogen-bond donors (Lipinski definition) is 2. The molecule has 2 N–H and O–H groups in total. The maximum atomic E-state index is 12.9. The van der Waals surface area contributed by atoms with Crippen molar-refractivity contribution in [3.05, 3.63) is 90.3 Å².